The fraction of sp³-hybridized carbons (Fsp3) is 0. The summed E-state index contributed by atoms with van der Waals surface area (Å²) in [6, 6.07) is 9.51. The molecule has 3 rings (SSSR count). The Hall–Kier alpha value is -2.82. The van der Waals surface area contributed by atoms with Crippen molar-refractivity contribution in [3.8, 4) is 23.0 Å². The predicted octanol–water partition coefficient (Wildman–Crippen LogP) is 2.27. The highest BCUT2D eigenvalue weighted by molar-refractivity contribution is 5.86. The molecule has 0 aliphatic rings. The maximum absolute atomic E-state index is 12.0. The van der Waals surface area contributed by atoms with Gasteiger partial charge in [0.2, 0.25) is 11.2 Å². The van der Waals surface area contributed by atoms with Crippen molar-refractivity contribution >= 4 is 11.0 Å². The summed E-state index contributed by atoms with van der Waals surface area (Å²) in [5.41, 5.74) is -0.134. The summed E-state index contributed by atoms with van der Waals surface area (Å²) < 4.78 is 5.47. The Morgan fingerprint density at radius 3 is 2.63 bits per heavy atom. The minimum absolute atomic E-state index is 0.0105. The molecule has 0 atom stereocenters. The number of hydrogen-bond acceptors (Lipinski definition) is 5. The molecule has 2 heterocycles. The quantitative estimate of drug-likeness (QED) is 0.696. The van der Waals surface area contributed by atoms with Gasteiger partial charge in [0.25, 0.3) is 0 Å². The fourth-order valence-corrected chi connectivity index (χ4v) is 1.88. The van der Waals surface area contributed by atoms with Crippen LogP contribution in [-0.2, 0) is 0 Å². The number of phenols is 1. The van der Waals surface area contributed by atoms with E-state index in [9.17, 15) is 15.0 Å². The summed E-state index contributed by atoms with van der Waals surface area (Å²) in [5.74, 6) is -0.800. The van der Waals surface area contributed by atoms with E-state index < -0.39 is 11.2 Å². The van der Waals surface area contributed by atoms with Gasteiger partial charge in [0, 0.05) is 6.20 Å². The summed E-state index contributed by atoms with van der Waals surface area (Å²) >= 11 is 0. The van der Waals surface area contributed by atoms with Crippen LogP contribution in [-0.4, -0.2) is 15.2 Å². The number of pyridine rings is 1. The third kappa shape index (κ3) is 1.72. The molecular formula is C14H9NO4. The highest BCUT2D eigenvalue weighted by Crippen LogP contribution is 2.31. The molecule has 0 aliphatic carbocycles. The predicted molar refractivity (Wildman–Crippen MR) is 69.0 cm³/mol. The van der Waals surface area contributed by atoms with Crippen LogP contribution in [0.4, 0.5) is 0 Å². The van der Waals surface area contributed by atoms with Gasteiger partial charge < -0.3 is 14.6 Å². The lowest BCUT2D eigenvalue weighted by molar-refractivity contribution is 0.444. The Kier molecular flexibility index (Phi) is 2.45. The summed E-state index contributed by atoms with van der Waals surface area (Å²) in [6.07, 6.45) is 1.53. The average molecular weight is 255 g/mol. The molecule has 0 amide bonds. The SMILES string of the molecule is O=c1c(O)c(-c2ccccn2)oc2cccc(O)c12. The zero-order valence-electron chi connectivity index (χ0n) is 9.70. The topological polar surface area (TPSA) is 83.6 Å². The Labute approximate surface area is 107 Å². The van der Waals surface area contributed by atoms with E-state index in [0.717, 1.165) is 0 Å². The highest BCUT2D eigenvalue weighted by atomic mass is 16.4. The second kappa shape index (κ2) is 4.13. The van der Waals surface area contributed by atoms with Gasteiger partial charge in [0.1, 0.15) is 22.4 Å². The van der Waals surface area contributed by atoms with Gasteiger partial charge in [0.05, 0.1) is 0 Å². The van der Waals surface area contributed by atoms with E-state index in [4.69, 9.17) is 4.42 Å². The Bertz CT molecular complexity index is 809. The van der Waals surface area contributed by atoms with E-state index in [-0.39, 0.29) is 22.5 Å². The van der Waals surface area contributed by atoms with Crippen LogP contribution in [0.1, 0.15) is 0 Å². The third-order valence-corrected chi connectivity index (χ3v) is 2.77. The second-order valence-corrected chi connectivity index (χ2v) is 3.97. The zero-order chi connectivity index (χ0) is 13.4. The van der Waals surface area contributed by atoms with Crippen LogP contribution in [0.3, 0.4) is 0 Å². The van der Waals surface area contributed by atoms with Crippen LogP contribution in [0, 0.1) is 0 Å². The number of aromatic hydroxyl groups is 2. The van der Waals surface area contributed by atoms with Gasteiger partial charge in [-0.25, -0.2) is 0 Å². The van der Waals surface area contributed by atoms with Gasteiger partial charge in [-0.05, 0) is 24.3 Å². The molecule has 0 bridgehead atoms. The number of nitrogens with zero attached hydrogens (tertiary/aromatic N) is 1. The summed E-state index contributed by atoms with van der Waals surface area (Å²) in [7, 11) is 0. The molecule has 3 aromatic rings. The summed E-state index contributed by atoms with van der Waals surface area (Å²) in [4.78, 5) is 16.1. The zero-order valence-corrected chi connectivity index (χ0v) is 9.70. The molecule has 0 saturated heterocycles. The molecule has 94 valence electrons. The van der Waals surface area contributed by atoms with Gasteiger partial charge in [0.15, 0.2) is 5.76 Å². The minimum Gasteiger partial charge on any atom is -0.507 e. The number of rotatable bonds is 1. The molecule has 0 radical (unpaired) electrons. The van der Waals surface area contributed by atoms with Crippen molar-refractivity contribution < 1.29 is 14.6 Å². The van der Waals surface area contributed by atoms with Crippen LogP contribution in [0.15, 0.2) is 51.8 Å². The lowest BCUT2D eigenvalue weighted by Crippen LogP contribution is -2.03. The molecule has 1 aromatic carbocycles. The molecule has 2 N–H and O–H groups in total. The number of fused-ring (bicyclic) bond motifs is 1. The minimum atomic E-state index is -0.681. The molecule has 0 saturated carbocycles. The van der Waals surface area contributed by atoms with Crippen molar-refractivity contribution in [1.29, 1.82) is 0 Å². The van der Waals surface area contributed by atoms with E-state index in [1.54, 1.807) is 30.3 Å². The molecule has 0 aliphatic heterocycles. The lowest BCUT2D eigenvalue weighted by Gasteiger charge is -2.05. The van der Waals surface area contributed by atoms with Crippen molar-refractivity contribution in [3.63, 3.8) is 0 Å². The molecule has 5 heteroatoms. The number of phenolic OH excluding ortho intramolecular Hbond substituents is 1. The van der Waals surface area contributed by atoms with E-state index >= 15 is 0 Å². The average Bonchev–Trinajstić information content (AvgIpc) is 2.43. The summed E-state index contributed by atoms with van der Waals surface area (Å²) in [6.45, 7) is 0. The molecule has 0 unspecified atom stereocenters. The summed E-state index contributed by atoms with van der Waals surface area (Å²) in [5, 5.41) is 19.5. The molecule has 2 aromatic heterocycles. The van der Waals surface area contributed by atoms with Crippen LogP contribution in [0.25, 0.3) is 22.4 Å². The molecule has 0 spiro atoms. The Morgan fingerprint density at radius 1 is 1.05 bits per heavy atom. The number of aromatic nitrogens is 1. The highest BCUT2D eigenvalue weighted by Gasteiger charge is 2.17. The maximum Gasteiger partial charge on any atom is 0.238 e. The largest absolute Gasteiger partial charge is 0.507 e. The number of hydrogen-bond donors (Lipinski definition) is 2. The van der Waals surface area contributed by atoms with Gasteiger partial charge in [-0.1, -0.05) is 12.1 Å². The van der Waals surface area contributed by atoms with E-state index in [2.05, 4.69) is 4.98 Å². The van der Waals surface area contributed by atoms with Gasteiger partial charge in [-0.3, -0.25) is 9.78 Å². The first kappa shape index (κ1) is 11.3. The van der Waals surface area contributed by atoms with Crippen molar-refractivity contribution in [1.82, 2.24) is 4.98 Å². The van der Waals surface area contributed by atoms with Crippen molar-refractivity contribution in [2.24, 2.45) is 0 Å². The number of benzene rings is 1. The lowest BCUT2D eigenvalue weighted by atomic mass is 10.1. The molecule has 19 heavy (non-hydrogen) atoms. The maximum atomic E-state index is 12.0. The van der Waals surface area contributed by atoms with Gasteiger partial charge in [-0.2, -0.15) is 0 Å². The van der Waals surface area contributed by atoms with Crippen molar-refractivity contribution in [2.75, 3.05) is 0 Å². The fourth-order valence-electron chi connectivity index (χ4n) is 1.88. The Balaban J connectivity index is 2.41. The van der Waals surface area contributed by atoms with Crippen LogP contribution in [0.2, 0.25) is 0 Å². The Morgan fingerprint density at radius 2 is 1.89 bits per heavy atom. The first-order valence-corrected chi connectivity index (χ1v) is 5.57. The normalized spacial score (nSPS) is 10.7. The first-order valence-electron chi connectivity index (χ1n) is 5.57. The van der Waals surface area contributed by atoms with E-state index in [0.29, 0.717) is 5.69 Å². The molecule has 5 nitrogen and oxygen atoms in total. The third-order valence-electron chi connectivity index (χ3n) is 2.77. The smallest absolute Gasteiger partial charge is 0.238 e. The van der Waals surface area contributed by atoms with Gasteiger partial charge >= 0.3 is 0 Å². The van der Waals surface area contributed by atoms with Crippen LogP contribution in [0.5, 0.6) is 11.5 Å². The molecular weight excluding hydrogens is 246 g/mol. The molecule has 0 fully saturated rings. The van der Waals surface area contributed by atoms with Gasteiger partial charge in [-0.15, -0.1) is 0 Å². The van der Waals surface area contributed by atoms with Crippen molar-refractivity contribution in [2.45, 2.75) is 0 Å². The van der Waals surface area contributed by atoms with E-state index in [1.807, 2.05) is 0 Å². The standard InChI is InChI=1S/C14H9NO4/c16-9-5-3-6-10-11(9)12(17)13(18)14(19-10)8-4-1-2-7-15-8/h1-7,16,18H. The van der Waals surface area contributed by atoms with Crippen LogP contribution >= 0.6 is 0 Å². The second-order valence-electron chi connectivity index (χ2n) is 3.97. The van der Waals surface area contributed by atoms with Crippen molar-refractivity contribution in [3.05, 3.63) is 52.8 Å². The monoisotopic (exact) mass is 255 g/mol. The van der Waals surface area contributed by atoms with Crippen LogP contribution < -0.4 is 5.43 Å². The first-order chi connectivity index (χ1) is 9.18. The van der Waals surface area contributed by atoms with E-state index in [1.165, 1.54) is 12.3 Å².